The predicted octanol–water partition coefficient (Wildman–Crippen LogP) is 4.98. The zero-order chi connectivity index (χ0) is 32.2. The molecule has 45 heavy (non-hydrogen) atoms. The van der Waals surface area contributed by atoms with Crippen LogP contribution < -0.4 is 4.90 Å². The molecule has 1 N–H and O–H groups in total. The van der Waals surface area contributed by atoms with Gasteiger partial charge in [0.1, 0.15) is 11.6 Å². The number of hydrogen-bond acceptors (Lipinski definition) is 5. The Bertz CT molecular complexity index is 1380. The van der Waals surface area contributed by atoms with Gasteiger partial charge in [-0.05, 0) is 49.8 Å². The van der Waals surface area contributed by atoms with Gasteiger partial charge in [-0.1, -0.05) is 80.4 Å². The average molecular weight is 614 g/mol. The second kappa shape index (κ2) is 13.7. The number of anilines is 1. The summed E-state index contributed by atoms with van der Waals surface area (Å²) in [5, 5.41) is 9.26. The minimum atomic E-state index is -1.12. The fourth-order valence-electron chi connectivity index (χ4n) is 7.97. The third-order valence-electron chi connectivity index (χ3n) is 10.1. The Morgan fingerprint density at radius 3 is 2.27 bits per heavy atom. The molecule has 1 spiro atoms. The first-order valence-electron chi connectivity index (χ1n) is 16.3. The van der Waals surface area contributed by atoms with E-state index in [0.717, 1.165) is 24.1 Å². The van der Waals surface area contributed by atoms with Crippen LogP contribution in [-0.4, -0.2) is 76.1 Å². The first kappa shape index (κ1) is 32.6. The van der Waals surface area contributed by atoms with E-state index < -0.39 is 29.1 Å². The van der Waals surface area contributed by atoms with Gasteiger partial charge >= 0.3 is 0 Å². The van der Waals surface area contributed by atoms with Crippen LogP contribution in [0.2, 0.25) is 0 Å². The van der Waals surface area contributed by atoms with Crippen molar-refractivity contribution in [2.75, 3.05) is 31.1 Å². The highest BCUT2D eigenvalue weighted by Crippen LogP contribution is 2.65. The summed E-state index contributed by atoms with van der Waals surface area (Å²) in [5.41, 5.74) is -0.329. The number of hydrogen-bond donors (Lipinski definition) is 1. The Morgan fingerprint density at radius 1 is 0.978 bits per heavy atom. The first-order valence-corrected chi connectivity index (χ1v) is 16.3. The van der Waals surface area contributed by atoms with Crippen molar-refractivity contribution in [1.82, 2.24) is 9.80 Å². The normalized spacial score (nSPS) is 28.2. The number of carbonyl (C=O) groups excluding carboxylic acids is 3. The van der Waals surface area contributed by atoms with Gasteiger partial charge in [0, 0.05) is 38.5 Å². The van der Waals surface area contributed by atoms with E-state index in [-0.39, 0.29) is 30.2 Å². The van der Waals surface area contributed by atoms with E-state index in [1.807, 2.05) is 67.6 Å². The lowest BCUT2D eigenvalue weighted by molar-refractivity contribution is -0.152. The summed E-state index contributed by atoms with van der Waals surface area (Å²) in [6, 6.07) is 18.4. The number of aliphatic hydroxyl groups excluding tert-OH is 1. The molecule has 3 aliphatic heterocycles. The van der Waals surface area contributed by atoms with Gasteiger partial charge in [-0.2, -0.15) is 0 Å². The number of fused-ring (bicyclic) bond motifs is 1. The van der Waals surface area contributed by atoms with Crippen molar-refractivity contribution in [2.24, 2.45) is 17.8 Å². The van der Waals surface area contributed by atoms with Crippen LogP contribution in [0.25, 0.3) is 0 Å². The van der Waals surface area contributed by atoms with Gasteiger partial charge in [0.05, 0.1) is 17.4 Å². The molecule has 3 aliphatic rings. The molecule has 3 amide bonds. The highest BCUT2D eigenvalue weighted by molar-refractivity contribution is 6.03. The van der Waals surface area contributed by atoms with Crippen molar-refractivity contribution in [1.29, 1.82) is 0 Å². The van der Waals surface area contributed by atoms with Crippen LogP contribution in [0.4, 0.5) is 5.69 Å². The average Bonchev–Trinajstić information content (AvgIpc) is 3.56. The lowest BCUT2D eigenvalue weighted by Gasteiger charge is -2.39. The fraction of sp³-hybridized carbons (Fsp3) is 0.486. The zero-order valence-electron chi connectivity index (χ0n) is 26.6. The number of aliphatic hydroxyl groups is 1. The highest BCUT2D eigenvalue weighted by Gasteiger charge is 2.80. The molecule has 5 rings (SSSR count). The van der Waals surface area contributed by atoms with Crippen LogP contribution in [0, 0.1) is 17.8 Å². The van der Waals surface area contributed by atoms with Crippen LogP contribution in [0.3, 0.4) is 0 Å². The summed E-state index contributed by atoms with van der Waals surface area (Å²) in [6.45, 7) is 13.3. The van der Waals surface area contributed by atoms with Gasteiger partial charge in [-0.3, -0.25) is 14.4 Å². The van der Waals surface area contributed by atoms with Gasteiger partial charge in [-0.15, -0.1) is 13.2 Å². The van der Waals surface area contributed by atoms with Gasteiger partial charge < -0.3 is 24.5 Å². The maximum absolute atomic E-state index is 14.8. The molecule has 6 atom stereocenters. The van der Waals surface area contributed by atoms with E-state index in [9.17, 15) is 19.5 Å². The SMILES string of the molecule is C=CCN(Cc1ccccc1)C(=O)C1N(CCCCCCO)C(=O)[C@@H]2[C@@H](C(=O)N(CC=C)c3ccccc3)[C@]3(C)OC12CC3C. The third-order valence-corrected chi connectivity index (χ3v) is 10.1. The monoisotopic (exact) mass is 613 g/mol. The van der Waals surface area contributed by atoms with Crippen molar-refractivity contribution in [2.45, 2.75) is 69.7 Å². The maximum Gasteiger partial charge on any atom is 0.248 e. The molecule has 2 bridgehead atoms. The predicted molar refractivity (Wildman–Crippen MR) is 175 cm³/mol. The smallest absolute Gasteiger partial charge is 0.248 e. The number of para-hydroxylation sites is 1. The van der Waals surface area contributed by atoms with E-state index in [2.05, 4.69) is 20.1 Å². The van der Waals surface area contributed by atoms with E-state index in [4.69, 9.17) is 4.74 Å². The molecule has 2 aromatic carbocycles. The summed E-state index contributed by atoms with van der Waals surface area (Å²) < 4.78 is 7.00. The molecule has 0 saturated carbocycles. The number of nitrogens with zero attached hydrogens (tertiary/aromatic N) is 3. The summed E-state index contributed by atoms with van der Waals surface area (Å²) in [7, 11) is 0. The molecule has 240 valence electrons. The van der Waals surface area contributed by atoms with Crippen molar-refractivity contribution >= 4 is 23.4 Å². The summed E-state index contributed by atoms with van der Waals surface area (Å²) in [5.74, 6) is -2.14. The number of benzene rings is 2. The number of rotatable bonds is 15. The summed E-state index contributed by atoms with van der Waals surface area (Å²) in [6.07, 6.45) is 6.96. The molecule has 3 fully saturated rings. The topological polar surface area (TPSA) is 90.4 Å². The van der Waals surface area contributed by atoms with E-state index >= 15 is 0 Å². The van der Waals surface area contributed by atoms with E-state index in [1.165, 1.54) is 0 Å². The molecule has 0 radical (unpaired) electrons. The highest BCUT2D eigenvalue weighted by atomic mass is 16.5. The molecule has 8 heteroatoms. The van der Waals surface area contributed by atoms with Crippen LogP contribution >= 0.6 is 0 Å². The maximum atomic E-state index is 14.8. The molecular weight excluding hydrogens is 566 g/mol. The third kappa shape index (κ3) is 5.86. The van der Waals surface area contributed by atoms with Crippen LogP contribution in [0.15, 0.2) is 86.0 Å². The number of ether oxygens (including phenoxy) is 1. The molecule has 3 saturated heterocycles. The minimum absolute atomic E-state index is 0.0568. The van der Waals surface area contributed by atoms with Gasteiger partial charge in [0.2, 0.25) is 17.7 Å². The Labute approximate surface area is 267 Å². The quantitative estimate of drug-likeness (QED) is 0.226. The Hall–Kier alpha value is -3.75. The lowest BCUT2D eigenvalue weighted by Crippen LogP contribution is -2.57. The summed E-state index contributed by atoms with van der Waals surface area (Å²) >= 11 is 0. The number of amides is 3. The Kier molecular flexibility index (Phi) is 9.94. The zero-order valence-corrected chi connectivity index (χ0v) is 26.6. The van der Waals surface area contributed by atoms with E-state index in [0.29, 0.717) is 45.4 Å². The van der Waals surface area contributed by atoms with Gasteiger partial charge in [0.25, 0.3) is 0 Å². The van der Waals surface area contributed by atoms with Crippen LogP contribution in [-0.2, 0) is 25.7 Å². The molecule has 2 aromatic rings. The molecule has 0 aliphatic carbocycles. The van der Waals surface area contributed by atoms with Crippen molar-refractivity contribution in [3.8, 4) is 0 Å². The molecule has 8 nitrogen and oxygen atoms in total. The van der Waals surface area contributed by atoms with Crippen LogP contribution in [0.5, 0.6) is 0 Å². The molecular formula is C37H47N3O5. The number of unbranched alkanes of at least 4 members (excludes halogenated alkanes) is 3. The Balaban J connectivity index is 1.55. The standard InChI is InChI=1S/C37H47N3O5/c1-5-21-38(26-28-17-11-9-12-18-28)35(44)32-37-25-27(3)36(4,45-37)30(31(37)34(43)40(32)23-15-7-8-16-24-41)33(42)39(22-6-2)29-19-13-10-14-20-29/h5-6,9-14,17-20,27,30-32,41H,1-2,7-8,15-16,21-26H2,3-4H3/t27?,30-,31-,32?,36+,37?/m0/s1. The van der Waals surface area contributed by atoms with E-state index in [1.54, 1.807) is 26.9 Å². The number of likely N-dealkylation sites (tertiary alicyclic amines) is 1. The first-order chi connectivity index (χ1) is 21.7. The molecule has 3 unspecified atom stereocenters. The fourth-order valence-corrected chi connectivity index (χ4v) is 7.97. The van der Waals surface area contributed by atoms with Gasteiger partial charge in [-0.25, -0.2) is 0 Å². The largest absolute Gasteiger partial charge is 0.396 e. The minimum Gasteiger partial charge on any atom is -0.396 e. The second-order valence-corrected chi connectivity index (χ2v) is 12.9. The molecule has 0 aromatic heterocycles. The van der Waals surface area contributed by atoms with Gasteiger partial charge in [0.15, 0.2) is 0 Å². The van der Waals surface area contributed by atoms with Crippen LogP contribution in [0.1, 0.15) is 51.5 Å². The van der Waals surface area contributed by atoms with Crippen molar-refractivity contribution < 1.29 is 24.2 Å². The number of carbonyl (C=O) groups is 3. The Morgan fingerprint density at radius 2 is 1.62 bits per heavy atom. The van der Waals surface area contributed by atoms with Crippen molar-refractivity contribution in [3.63, 3.8) is 0 Å². The lowest BCUT2D eigenvalue weighted by atomic mass is 9.62. The second-order valence-electron chi connectivity index (χ2n) is 12.9. The molecule has 3 heterocycles. The van der Waals surface area contributed by atoms with Crippen molar-refractivity contribution in [3.05, 3.63) is 91.5 Å². The summed E-state index contributed by atoms with van der Waals surface area (Å²) in [4.78, 5) is 49.2.